The van der Waals surface area contributed by atoms with E-state index < -0.39 is 10.0 Å². The lowest BCUT2D eigenvalue weighted by Crippen LogP contribution is -2.33. The summed E-state index contributed by atoms with van der Waals surface area (Å²) in [6.45, 7) is 3.76. The van der Waals surface area contributed by atoms with Crippen LogP contribution in [0.1, 0.15) is 38.7 Å². The summed E-state index contributed by atoms with van der Waals surface area (Å²) in [5.41, 5.74) is 0.591. The molecule has 0 aliphatic heterocycles. The zero-order valence-electron chi connectivity index (χ0n) is 10.8. The van der Waals surface area contributed by atoms with Gasteiger partial charge >= 0.3 is 0 Å². The van der Waals surface area contributed by atoms with Gasteiger partial charge in [-0.2, -0.15) is 0 Å². The monoisotopic (exact) mass is 272 g/mol. The highest BCUT2D eigenvalue weighted by Crippen LogP contribution is 2.09. The van der Waals surface area contributed by atoms with Gasteiger partial charge in [0.05, 0.1) is 6.61 Å². The molecule has 0 radical (unpaired) electrons. The van der Waals surface area contributed by atoms with Crippen LogP contribution >= 0.6 is 0 Å². The highest BCUT2D eigenvalue weighted by atomic mass is 32.2. The SMILES string of the molecule is CCCCC(C)NS(=O)(=O)c1ccc(CO)cn1. The van der Waals surface area contributed by atoms with Gasteiger partial charge in [0.1, 0.15) is 0 Å². The smallest absolute Gasteiger partial charge is 0.258 e. The van der Waals surface area contributed by atoms with Gasteiger partial charge in [0.15, 0.2) is 5.03 Å². The molecule has 102 valence electrons. The van der Waals surface area contributed by atoms with E-state index in [0.717, 1.165) is 19.3 Å². The fraction of sp³-hybridized carbons (Fsp3) is 0.583. The van der Waals surface area contributed by atoms with Crippen molar-refractivity contribution in [3.63, 3.8) is 0 Å². The third-order valence-electron chi connectivity index (χ3n) is 2.60. The molecule has 1 unspecified atom stereocenters. The lowest BCUT2D eigenvalue weighted by Gasteiger charge is -2.13. The first-order chi connectivity index (χ1) is 8.49. The lowest BCUT2D eigenvalue weighted by atomic mass is 10.2. The van der Waals surface area contributed by atoms with Crippen LogP contribution in [-0.4, -0.2) is 24.6 Å². The summed E-state index contributed by atoms with van der Waals surface area (Å²) in [5, 5.41) is 8.86. The second-order valence-corrected chi connectivity index (χ2v) is 5.99. The number of sulfonamides is 1. The van der Waals surface area contributed by atoms with Crippen LogP contribution in [0.3, 0.4) is 0 Å². The van der Waals surface area contributed by atoms with E-state index in [4.69, 9.17) is 5.11 Å². The highest BCUT2D eigenvalue weighted by molar-refractivity contribution is 7.89. The topological polar surface area (TPSA) is 79.3 Å². The van der Waals surface area contributed by atoms with Gasteiger partial charge in [-0.05, 0) is 25.0 Å². The lowest BCUT2D eigenvalue weighted by molar-refractivity contribution is 0.281. The molecule has 0 amide bonds. The molecule has 0 bridgehead atoms. The third kappa shape index (κ3) is 4.36. The van der Waals surface area contributed by atoms with Crippen molar-refractivity contribution in [3.8, 4) is 0 Å². The van der Waals surface area contributed by atoms with Crippen LogP contribution in [0, 0.1) is 0 Å². The van der Waals surface area contributed by atoms with Gasteiger partial charge in [-0.15, -0.1) is 0 Å². The van der Waals surface area contributed by atoms with Crippen molar-refractivity contribution in [1.82, 2.24) is 9.71 Å². The zero-order chi connectivity index (χ0) is 13.6. The average Bonchev–Trinajstić information content (AvgIpc) is 2.36. The molecule has 2 N–H and O–H groups in total. The van der Waals surface area contributed by atoms with Crippen molar-refractivity contribution in [1.29, 1.82) is 0 Å². The van der Waals surface area contributed by atoms with Gasteiger partial charge in [0.2, 0.25) is 0 Å². The molecular weight excluding hydrogens is 252 g/mol. The molecular formula is C12H20N2O3S. The number of pyridine rings is 1. The minimum atomic E-state index is -3.56. The van der Waals surface area contributed by atoms with E-state index in [2.05, 4.69) is 16.6 Å². The van der Waals surface area contributed by atoms with Crippen LogP contribution < -0.4 is 4.72 Å². The maximum atomic E-state index is 12.0. The van der Waals surface area contributed by atoms with E-state index in [1.54, 1.807) is 6.07 Å². The maximum absolute atomic E-state index is 12.0. The number of rotatable bonds is 7. The number of hydrogen-bond acceptors (Lipinski definition) is 4. The Morgan fingerprint density at radius 2 is 2.17 bits per heavy atom. The molecule has 5 nitrogen and oxygen atoms in total. The van der Waals surface area contributed by atoms with Crippen LogP contribution in [0.25, 0.3) is 0 Å². The van der Waals surface area contributed by atoms with Crippen LogP contribution in [0.4, 0.5) is 0 Å². The Hall–Kier alpha value is -0.980. The summed E-state index contributed by atoms with van der Waals surface area (Å²) in [5.74, 6) is 0. The predicted molar refractivity (Wildman–Crippen MR) is 69.5 cm³/mol. The first kappa shape index (κ1) is 15.1. The molecule has 1 rings (SSSR count). The van der Waals surface area contributed by atoms with E-state index >= 15 is 0 Å². The molecule has 0 spiro atoms. The maximum Gasteiger partial charge on any atom is 0.258 e. The van der Waals surface area contributed by atoms with Crippen molar-refractivity contribution in [2.75, 3.05) is 0 Å². The molecule has 0 saturated carbocycles. The minimum absolute atomic E-state index is 0.0111. The quantitative estimate of drug-likeness (QED) is 0.787. The summed E-state index contributed by atoms with van der Waals surface area (Å²) in [4.78, 5) is 3.84. The van der Waals surface area contributed by atoms with Gasteiger partial charge in [0, 0.05) is 12.2 Å². The standard InChI is InChI=1S/C12H20N2O3S/c1-3-4-5-10(2)14-18(16,17)12-7-6-11(9-15)8-13-12/h6-8,10,14-15H,3-5,9H2,1-2H3. The van der Waals surface area contributed by atoms with Gasteiger partial charge in [-0.1, -0.05) is 25.8 Å². The van der Waals surface area contributed by atoms with Gasteiger partial charge in [-0.25, -0.2) is 18.1 Å². The summed E-state index contributed by atoms with van der Waals surface area (Å²) < 4.78 is 26.5. The molecule has 0 fully saturated rings. The molecule has 6 heteroatoms. The molecule has 1 heterocycles. The Morgan fingerprint density at radius 3 is 2.67 bits per heavy atom. The Labute approximate surface area is 108 Å². The van der Waals surface area contributed by atoms with Crippen LogP contribution in [0.2, 0.25) is 0 Å². The molecule has 1 atom stereocenters. The van der Waals surface area contributed by atoms with Crippen LogP contribution in [0.15, 0.2) is 23.4 Å². The van der Waals surface area contributed by atoms with Crippen LogP contribution in [-0.2, 0) is 16.6 Å². The number of aliphatic hydroxyl groups excluding tert-OH is 1. The summed E-state index contributed by atoms with van der Waals surface area (Å²) in [6.07, 6.45) is 4.20. The molecule has 1 aromatic heterocycles. The molecule has 1 aromatic rings. The van der Waals surface area contributed by atoms with Crippen molar-refractivity contribution >= 4 is 10.0 Å². The highest BCUT2D eigenvalue weighted by Gasteiger charge is 2.18. The molecule has 0 saturated heterocycles. The summed E-state index contributed by atoms with van der Waals surface area (Å²) in [6, 6.07) is 2.85. The van der Waals surface area contributed by atoms with E-state index in [-0.39, 0.29) is 17.7 Å². The minimum Gasteiger partial charge on any atom is -0.392 e. The van der Waals surface area contributed by atoms with Gasteiger partial charge in [-0.3, -0.25) is 0 Å². The van der Waals surface area contributed by atoms with Gasteiger partial charge in [0.25, 0.3) is 10.0 Å². The van der Waals surface area contributed by atoms with Crippen molar-refractivity contribution in [2.45, 2.75) is 50.8 Å². The predicted octanol–water partition coefficient (Wildman–Crippen LogP) is 1.43. The second-order valence-electron chi connectivity index (χ2n) is 4.33. The number of hydrogen-bond donors (Lipinski definition) is 2. The fourth-order valence-corrected chi connectivity index (χ4v) is 2.76. The molecule has 18 heavy (non-hydrogen) atoms. The molecule has 0 aliphatic rings. The number of nitrogens with one attached hydrogen (secondary N) is 1. The molecule has 0 aromatic carbocycles. The number of nitrogens with zero attached hydrogens (tertiary/aromatic N) is 1. The average molecular weight is 272 g/mol. The van der Waals surface area contributed by atoms with Crippen molar-refractivity contribution < 1.29 is 13.5 Å². The first-order valence-electron chi connectivity index (χ1n) is 6.07. The van der Waals surface area contributed by atoms with Crippen molar-refractivity contribution in [3.05, 3.63) is 23.9 Å². The Kier molecular flexibility index (Phi) is 5.71. The fourth-order valence-electron chi connectivity index (χ4n) is 1.56. The van der Waals surface area contributed by atoms with E-state index in [9.17, 15) is 8.42 Å². The number of aliphatic hydroxyl groups is 1. The van der Waals surface area contributed by atoms with E-state index in [1.807, 2.05) is 6.92 Å². The third-order valence-corrected chi connectivity index (χ3v) is 4.11. The number of unbranched alkanes of at least 4 members (excludes halogenated alkanes) is 1. The van der Waals surface area contributed by atoms with E-state index in [1.165, 1.54) is 12.3 Å². The Bertz CT molecular complexity index is 457. The first-order valence-corrected chi connectivity index (χ1v) is 7.56. The van der Waals surface area contributed by atoms with Gasteiger partial charge < -0.3 is 5.11 Å². The second kappa shape index (κ2) is 6.82. The molecule has 0 aliphatic carbocycles. The van der Waals surface area contributed by atoms with E-state index in [0.29, 0.717) is 5.56 Å². The Morgan fingerprint density at radius 1 is 1.44 bits per heavy atom. The number of aromatic nitrogens is 1. The normalized spacial score (nSPS) is 13.5. The Balaban J connectivity index is 2.73. The van der Waals surface area contributed by atoms with Crippen LogP contribution in [0.5, 0.6) is 0 Å². The summed E-state index contributed by atoms with van der Waals surface area (Å²) >= 11 is 0. The summed E-state index contributed by atoms with van der Waals surface area (Å²) in [7, 11) is -3.56. The zero-order valence-corrected chi connectivity index (χ0v) is 11.6. The largest absolute Gasteiger partial charge is 0.392 e. The van der Waals surface area contributed by atoms with Crippen molar-refractivity contribution in [2.24, 2.45) is 0 Å².